The van der Waals surface area contributed by atoms with Gasteiger partial charge < -0.3 is 4.74 Å². The predicted molar refractivity (Wildman–Crippen MR) is 104 cm³/mol. The van der Waals surface area contributed by atoms with E-state index in [-0.39, 0.29) is 5.97 Å². The van der Waals surface area contributed by atoms with Gasteiger partial charge in [-0.1, -0.05) is 77.2 Å². The van der Waals surface area contributed by atoms with E-state index in [9.17, 15) is 4.79 Å². The van der Waals surface area contributed by atoms with Crippen LogP contribution in [0.25, 0.3) is 0 Å². The minimum atomic E-state index is -0.239. The highest BCUT2D eigenvalue weighted by Crippen LogP contribution is 2.19. The molecule has 2 atom stereocenters. The second-order valence-corrected chi connectivity index (χ2v) is 7.61. The van der Waals surface area contributed by atoms with Gasteiger partial charge in [0, 0.05) is 19.3 Å². The summed E-state index contributed by atoms with van der Waals surface area (Å²) in [7, 11) is 0. The summed E-state index contributed by atoms with van der Waals surface area (Å²) in [4.78, 5) is 10.7. The van der Waals surface area contributed by atoms with Gasteiger partial charge in [0.1, 0.15) is 6.61 Å². The van der Waals surface area contributed by atoms with Crippen LogP contribution in [0.15, 0.2) is 11.6 Å². The summed E-state index contributed by atoms with van der Waals surface area (Å²) in [6.07, 6.45) is 10.6. The molecule has 0 aromatic heterocycles. The average molecular weight is 335 g/mol. The van der Waals surface area contributed by atoms with Crippen LogP contribution in [0.4, 0.5) is 0 Å². The molecule has 0 fully saturated rings. The Hall–Kier alpha value is -1.23. The third-order valence-corrected chi connectivity index (χ3v) is 4.25. The number of allylic oxidation sites excluding steroid dienone is 1. The Morgan fingerprint density at radius 1 is 1.00 bits per heavy atom. The van der Waals surface area contributed by atoms with Crippen LogP contribution in [-0.4, -0.2) is 12.6 Å². The quantitative estimate of drug-likeness (QED) is 0.257. The van der Waals surface area contributed by atoms with Crippen LogP contribution >= 0.6 is 0 Å². The lowest BCUT2D eigenvalue weighted by molar-refractivity contribution is -0.139. The molecule has 0 spiro atoms. The van der Waals surface area contributed by atoms with Crippen molar-refractivity contribution in [3.8, 4) is 11.8 Å². The number of hydrogen-bond acceptors (Lipinski definition) is 2. The lowest BCUT2D eigenvalue weighted by Gasteiger charge is -2.12. The van der Waals surface area contributed by atoms with Crippen LogP contribution in [0.3, 0.4) is 0 Å². The monoisotopic (exact) mass is 334 g/mol. The van der Waals surface area contributed by atoms with Crippen LogP contribution in [0, 0.1) is 29.6 Å². The molecule has 0 aliphatic heterocycles. The molecule has 0 saturated heterocycles. The van der Waals surface area contributed by atoms with Crippen molar-refractivity contribution in [2.75, 3.05) is 6.61 Å². The van der Waals surface area contributed by atoms with E-state index in [2.05, 4.69) is 39.5 Å². The molecular weight excluding hydrogens is 296 g/mol. The van der Waals surface area contributed by atoms with Crippen molar-refractivity contribution in [3.05, 3.63) is 11.6 Å². The predicted octanol–water partition coefficient (Wildman–Crippen LogP) is 6.16. The highest BCUT2D eigenvalue weighted by molar-refractivity contribution is 5.66. The van der Waals surface area contributed by atoms with Gasteiger partial charge in [-0.25, -0.2) is 0 Å². The molecule has 2 unspecified atom stereocenters. The van der Waals surface area contributed by atoms with E-state index in [1.807, 2.05) is 13.0 Å². The summed E-state index contributed by atoms with van der Waals surface area (Å²) in [5.41, 5.74) is 1.16. The Kier molecular flexibility index (Phi) is 13.4. The molecule has 0 aromatic carbocycles. The molecule has 0 aliphatic carbocycles. The van der Waals surface area contributed by atoms with Crippen molar-refractivity contribution in [3.63, 3.8) is 0 Å². The zero-order chi connectivity index (χ0) is 18.4. The Balaban J connectivity index is 3.82. The fourth-order valence-corrected chi connectivity index (χ4v) is 2.60. The maximum atomic E-state index is 10.7. The van der Waals surface area contributed by atoms with Gasteiger partial charge in [0.05, 0.1) is 0 Å². The van der Waals surface area contributed by atoms with E-state index in [0.717, 1.165) is 23.8 Å². The van der Waals surface area contributed by atoms with Crippen LogP contribution < -0.4 is 0 Å². The van der Waals surface area contributed by atoms with Crippen molar-refractivity contribution >= 4 is 5.97 Å². The van der Waals surface area contributed by atoms with Crippen molar-refractivity contribution in [2.45, 2.75) is 86.5 Å². The minimum Gasteiger partial charge on any atom is -0.462 e. The second-order valence-electron chi connectivity index (χ2n) is 7.61. The van der Waals surface area contributed by atoms with Gasteiger partial charge in [0.15, 0.2) is 0 Å². The van der Waals surface area contributed by atoms with Gasteiger partial charge in [-0.15, -0.1) is 0 Å². The summed E-state index contributed by atoms with van der Waals surface area (Å²) in [5, 5.41) is 0. The third kappa shape index (κ3) is 15.7. The molecule has 138 valence electrons. The number of rotatable bonds is 11. The first-order chi connectivity index (χ1) is 11.3. The first-order valence-electron chi connectivity index (χ1n) is 9.58. The standard InChI is InChI=1S/C22H38O2/c1-18(2)10-7-11-19(3)12-8-13-20(4)14-9-15-21(5)16-17-24-22(6)23/h16,18-20H,7-8,10-13,15,17H2,1-6H3. The Bertz CT molecular complexity index is 423. The molecule has 0 N–H and O–H groups in total. The van der Waals surface area contributed by atoms with Gasteiger partial charge in [-0.3, -0.25) is 4.79 Å². The van der Waals surface area contributed by atoms with Crippen molar-refractivity contribution in [1.82, 2.24) is 0 Å². The topological polar surface area (TPSA) is 26.3 Å². The summed E-state index contributed by atoms with van der Waals surface area (Å²) in [5.74, 6) is 8.50. The van der Waals surface area contributed by atoms with Gasteiger partial charge >= 0.3 is 5.97 Å². The summed E-state index contributed by atoms with van der Waals surface area (Å²) in [6, 6.07) is 0. The summed E-state index contributed by atoms with van der Waals surface area (Å²) < 4.78 is 4.89. The molecule has 0 heterocycles. The fourth-order valence-electron chi connectivity index (χ4n) is 2.60. The highest BCUT2D eigenvalue weighted by Gasteiger charge is 2.04. The van der Waals surface area contributed by atoms with Gasteiger partial charge in [0.2, 0.25) is 0 Å². The van der Waals surface area contributed by atoms with E-state index in [4.69, 9.17) is 4.74 Å². The van der Waals surface area contributed by atoms with E-state index in [0.29, 0.717) is 12.5 Å². The average Bonchev–Trinajstić information content (AvgIpc) is 2.46. The normalized spacial score (nSPS) is 14.0. The number of carbonyl (C=O) groups excluding carboxylic acids is 1. The number of ether oxygens (including phenoxy) is 1. The molecule has 2 nitrogen and oxygen atoms in total. The van der Waals surface area contributed by atoms with Crippen LogP contribution in [0.5, 0.6) is 0 Å². The first-order valence-corrected chi connectivity index (χ1v) is 9.58. The molecular formula is C22H38O2. The number of esters is 1. The van der Waals surface area contributed by atoms with Gasteiger partial charge in [-0.05, 0) is 31.3 Å². The Labute approximate surface area is 150 Å². The van der Waals surface area contributed by atoms with E-state index >= 15 is 0 Å². The maximum Gasteiger partial charge on any atom is 0.302 e. The number of carbonyl (C=O) groups is 1. The Morgan fingerprint density at radius 2 is 1.62 bits per heavy atom. The molecule has 0 bridgehead atoms. The smallest absolute Gasteiger partial charge is 0.302 e. The van der Waals surface area contributed by atoms with E-state index < -0.39 is 0 Å². The lowest BCUT2D eigenvalue weighted by atomic mass is 9.93. The molecule has 0 amide bonds. The zero-order valence-corrected chi connectivity index (χ0v) is 16.8. The molecule has 0 aliphatic rings. The molecule has 2 heteroatoms. The zero-order valence-electron chi connectivity index (χ0n) is 16.8. The Morgan fingerprint density at radius 3 is 2.21 bits per heavy atom. The van der Waals surface area contributed by atoms with E-state index in [1.165, 1.54) is 45.4 Å². The molecule has 0 aromatic rings. The minimum absolute atomic E-state index is 0.239. The molecule has 0 saturated carbocycles. The van der Waals surface area contributed by atoms with Crippen molar-refractivity contribution in [1.29, 1.82) is 0 Å². The third-order valence-electron chi connectivity index (χ3n) is 4.25. The van der Waals surface area contributed by atoms with Crippen molar-refractivity contribution in [2.24, 2.45) is 17.8 Å². The fraction of sp³-hybridized carbons (Fsp3) is 0.773. The molecule has 24 heavy (non-hydrogen) atoms. The first kappa shape index (κ1) is 22.8. The van der Waals surface area contributed by atoms with E-state index in [1.54, 1.807) is 0 Å². The molecule has 0 rings (SSSR count). The van der Waals surface area contributed by atoms with Crippen LogP contribution in [-0.2, 0) is 9.53 Å². The molecule has 0 radical (unpaired) electrons. The van der Waals surface area contributed by atoms with Crippen molar-refractivity contribution < 1.29 is 9.53 Å². The second kappa shape index (κ2) is 14.1. The largest absolute Gasteiger partial charge is 0.462 e. The van der Waals surface area contributed by atoms with Gasteiger partial charge in [-0.2, -0.15) is 0 Å². The SMILES string of the molecule is CC(=O)OCC=C(C)CC#CC(C)CCCC(C)CCCC(C)C. The highest BCUT2D eigenvalue weighted by atomic mass is 16.5. The van der Waals surface area contributed by atoms with Crippen LogP contribution in [0.2, 0.25) is 0 Å². The van der Waals surface area contributed by atoms with Crippen LogP contribution in [0.1, 0.15) is 86.5 Å². The summed E-state index contributed by atoms with van der Waals surface area (Å²) in [6.45, 7) is 13.0. The number of hydrogen-bond donors (Lipinski definition) is 0. The summed E-state index contributed by atoms with van der Waals surface area (Å²) >= 11 is 0. The van der Waals surface area contributed by atoms with Gasteiger partial charge in [0.25, 0.3) is 0 Å². The maximum absolute atomic E-state index is 10.7. The lowest BCUT2D eigenvalue weighted by Crippen LogP contribution is -1.99.